The Morgan fingerprint density at radius 3 is 2.17 bits per heavy atom. The van der Waals surface area contributed by atoms with Crippen LogP contribution in [0.25, 0.3) is 11.5 Å². The second-order valence-electron chi connectivity index (χ2n) is 3.65. The van der Waals surface area contributed by atoms with E-state index < -0.39 is 0 Å². The van der Waals surface area contributed by atoms with Gasteiger partial charge in [-0.2, -0.15) is 0 Å². The molecule has 0 aliphatic rings. The fourth-order valence-corrected chi connectivity index (χ4v) is 2.23. The van der Waals surface area contributed by atoms with E-state index in [4.69, 9.17) is 4.42 Å². The molecule has 0 unspecified atom stereocenters. The van der Waals surface area contributed by atoms with Gasteiger partial charge >= 0.3 is 0 Å². The van der Waals surface area contributed by atoms with Gasteiger partial charge in [-0.05, 0) is 36.0 Å². The van der Waals surface area contributed by atoms with Gasteiger partial charge in [0, 0.05) is 10.5 Å². The van der Waals surface area contributed by atoms with Crippen LogP contribution in [-0.4, -0.2) is 10.2 Å². The molecule has 0 radical (unpaired) electrons. The molecule has 0 N–H and O–H groups in total. The van der Waals surface area contributed by atoms with E-state index in [0.29, 0.717) is 11.1 Å². The van der Waals surface area contributed by atoms with Crippen molar-refractivity contribution in [2.45, 2.75) is 10.1 Å². The molecule has 0 saturated carbocycles. The second kappa shape index (κ2) is 5.06. The van der Waals surface area contributed by atoms with Crippen LogP contribution in [0.5, 0.6) is 0 Å². The molecular weight excluding hydrogens is 244 g/mol. The van der Waals surface area contributed by atoms with E-state index in [1.165, 1.54) is 11.8 Å². The first-order valence-corrected chi connectivity index (χ1v) is 6.35. The van der Waals surface area contributed by atoms with Gasteiger partial charge in [-0.3, -0.25) is 0 Å². The number of rotatable bonds is 3. The van der Waals surface area contributed by atoms with Gasteiger partial charge in [-0.1, -0.05) is 36.4 Å². The molecule has 0 fully saturated rings. The van der Waals surface area contributed by atoms with E-state index in [0.717, 1.165) is 10.5 Å². The van der Waals surface area contributed by atoms with Crippen LogP contribution in [0.3, 0.4) is 0 Å². The van der Waals surface area contributed by atoms with Gasteiger partial charge in [0.25, 0.3) is 5.22 Å². The Balaban J connectivity index is 1.82. The summed E-state index contributed by atoms with van der Waals surface area (Å²) in [6.07, 6.45) is 0. The summed E-state index contributed by atoms with van der Waals surface area (Å²) < 4.78 is 5.61. The van der Waals surface area contributed by atoms with Crippen LogP contribution >= 0.6 is 11.8 Å². The van der Waals surface area contributed by atoms with Gasteiger partial charge in [0.05, 0.1) is 0 Å². The van der Waals surface area contributed by atoms with Crippen molar-refractivity contribution in [2.24, 2.45) is 0 Å². The smallest absolute Gasteiger partial charge is 0.281 e. The summed E-state index contributed by atoms with van der Waals surface area (Å²) >= 11 is 1.46. The standard InChI is InChI=1S/C14H10N2OS/c1-3-7-11(8-4-1)13-15-16-14(17-13)18-12-9-5-2-6-10-12/h1-10H. The molecule has 0 aliphatic carbocycles. The minimum Gasteiger partial charge on any atom is -0.411 e. The first-order chi connectivity index (χ1) is 8.92. The SMILES string of the molecule is c1ccc(Sc2nnc(-c3ccccc3)o2)cc1. The normalized spacial score (nSPS) is 10.4. The molecule has 2 aromatic carbocycles. The van der Waals surface area contributed by atoms with Crippen LogP contribution in [-0.2, 0) is 0 Å². The van der Waals surface area contributed by atoms with Crippen LogP contribution < -0.4 is 0 Å². The van der Waals surface area contributed by atoms with Crippen LogP contribution in [0.4, 0.5) is 0 Å². The van der Waals surface area contributed by atoms with Crippen molar-refractivity contribution in [3.63, 3.8) is 0 Å². The van der Waals surface area contributed by atoms with Gasteiger partial charge in [0.2, 0.25) is 5.89 Å². The zero-order valence-corrected chi connectivity index (χ0v) is 10.3. The lowest BCUT2D eigenvalue weighted by Crippen LogP contribution is -1.75. The fraction of sp³-hybridized carbons (Fsp3) is 0. The summed E-state index contributed by atoms with van der Waals surface area (Å²) in [4.78, 5) is 1.08. The molecule has 0 aliphatic heterocycles. The molecule has 3 rings (SSSR count). The summed E-state index contributed by atoms with van der Waals surface area (Å²) in [6, 6.07) is 19.7. The van der Waals surface area contributed by atoms with E-state index in [-0.39, 0.29) is 0 Å². The minimum absolute atomic E-state index is 0.550. The third-order valence-corrected chi connectivity index (χ3v) is 3.22. The molecule has 0 saturated heterocycles. The maximum absolute atomic E-state index is 5.61. The predicted octanol–water partition coefficient (Wildman–Crippen LogP) is 3.89. The molecule has 1 heterocycles. The van der Waals surface area contributed by atoms with E-state index >= 15 is 0 Å². The molecule has 88 valence electrons. The van der Waals surface area contributed by atoms with Crippen molar-refractivity contribution < 1.29 is 4.42 Å². The fourth-order valence-electron chi connectivity index (χ4n) is 1.54. The average Bonchev–Trinajstić information content (AvgIpc) is 2.89. The molecule has 1 aromatic heterocycles. The summed E-state index contributed by atoms with van der Waals surface area (Å²) in [5.74, 6) is 0.550. The van der Waals surface area contributed by atoms with E-state index in [2.05, 4.69) is 10.2 Å². The monoisotopic (exact) mass is 254 g/mol. The zero-order valence-electron chi connectivity index (χ0n) is 9.48. The molecule has 0 amide bonds. The van der Waals surface area contributed by atoms with Crippen LogP contribution in [0, 0.1) is 0 Å². The Morgan fingerprint density at radius 2 is 1.44 bits per heavy atom. The first kappa shape index (κ1) is 11.0. The molecular formula is C14H10N2OS. The molecule has 3 nitrogen and oxygen atoms in total. The Kier molecular flexibility index (Phi) is 3.10. The highest BCUT2D eigenvalue weighted by molar-refractivity contribution is 7.99. The number of nitrogens with zero attached hydrogens (tertiary/aromatic N) is 2. The zero-order chi connectivity index (χ0) is 12.2. The number of benzene rings is 2. The summed E-state index contributed by atoms with van der Waals surface area (Å²) in [7, 11) is 0. The molecule has 0 atom stereocenters. The number of aromatic nitrogens is 2. The minimum atomic E-state index is 0.550. The van der Waals surface area contributed by atoms with Crippen molar-refractivity contribution in [2.75, 3.05) is 0 Å². The lowest BCUT2D eigenvalue weighted by Gasteiger charge is -1.94. The molecule has 0 spiro atoms. The molecule has 18 heavy (non-hydrogen) atoms. The van der Waals surface area contributed by atoms with Crippen molar-refractivity contribution in [1.29, 1.82) is 0 Å². The van der Waals surface area contributed by atoms with Crippen molar-refractivity contribution in [3.8, 4) is 11.5 Å². The molecule has 3 aromatic rings. The topological polar surface area (TPSA) is 38.9 Å². The molecule has 0 bridgehead atoms. The Labute approximate surface area is 109 Å². The van der Waals surface area contributed by atoms with E-state index in [1.54, 1.807) is 0 Å². The van der Waals surface area contributed by atoms with Crippen molar-refractivity contribution in [3.05, 3.63) is 60.7 Å². The average molecular weight is 254 g/mol. The largest absolute Gasteiger partial charge is 0.411 e. The quantitative estimate of drug-likeness (QED) is 0.710. The summed E-state index contributed by atoms with van der Waals surface area (Å²) in [6.45, 7) is 0. The van der Waals surface area contributed by atoms with Gasteiger partial charge in [-0.25, -0.2) is 0 Å². The Bertz CT molecular complexity index is 623. The van der Waals surface area contributed by atoms with Gasteiger partial charge < -0.3 is 4.42 Å². The number of hydrogen-bond donors (Lipinski definition) is 0. The number of hydrogen-bond acceptors (Lipinski definition) is 4. The maximum Gasteiger partial charge on any atom is 0.281 e. The van der Waals surface area contributed by atoms with E-state index in [1.807, 2.05) is 60.7 Å². The maximum atomic E-state index is 5.61. The van der Waals surface area contributed by atoms with Crippen molar-refractivity contribution >= 4 is 11.8 Å². The highest BCUT2D eigenvalue weighted by Crippen LogP contribution is 2.28. The highest BCUT2D eigenvalue weighted by atomic mass is 32.2. The summed E-state index contributed by atoms with van der Waals surface area (Å²) in [5.41, 5.74) is 0.935. The highest BCUT2D eigenvalue weighted by Gasteiger charge is 2.08. The second-order valence-corrected chi connectivity index (χ2v) is 4.68. The van der Waals surface area contributed by atoms with Gasteiger partial charge in [0.1, 0.15) is 0 Å². The first-order valence-electron chi connectivity index (χ1n) is 5.54. The van der Waals surface area contributed by atoms with Gasteiger partial charge in [-0.15, -0.1) is 10.2 Å². The Hall–Kier alpha value is -2.07. The third-order valence-electron chi connectivity index (χ3n) is 2.38. The molecule has 4 heteroatoms. The van der Waals surface area contributed by atoms with Crippen molar-refractivity contribution in [1.82, 2.24) is 10.2 Å². The third kappa shape index (κ3) is 2.43. The predicted molar refractivity (Wildman–Crippen MR) is 70.3 cm³/mol. The Morgan fingerprint density at radius 1 is 0.778 bits per heavy atom. The van der Waals surface area contributed by atoms with Gasteiger partial charge in [0.15, 0.2) is 0 Å². The lowest BCUT2D eigenvalue weighted by atomic mass is 10.2. The lowest BCUT2D eigenvalue weighted by molar-refractivity contribution is 0.466. The summed E-state index contributed by atoms with van der Waals surface area (Å²) in [5, 5.41) is 8.63. The van der Waals surface area contributed by atoms with E-state index in [9.17, 15) is 0 Å². The van der Waals surface area contributed by atoms with Crippen LogP contribution in [0.1, 0.15) is 0 Å². The van der Waals surface area contributed by atoms with Crippen LogP contribution in [0.2, 0.25) is 0 Å². The van der Waals surface area contributed by atoms with Crippen LogP contribution in [0.15, 0.2) is 75.2 Å².